The second-order valence-electron chi connectivity index (χ2n) is 5.40. The largest absolute Gasteiger partial charge is 0.0786 e. The number of benzene rings is 3. The van der Waals surface area contributed by atoms with Crippen molar-refractivity contribution in [3.05, 3.63) is 81.3 Å². The average Bonchev–Trinajstić information content (AvgIpc) is 2.50. The number of aryl methyl sites for hydroxylation is 2. The Morgan fingerprint density at radius 2 is 1.52 bits per heavy atom. The molecule has 0 N–H and O–H groups in total. The highest BCUT2D eigenvalue weighted by molar-refractivity contribution is 9.10. The Kier molecular flexibility index (Phi) is 4.19. The van der Waals surface area contributed by atoms with Gasteiger partial charge in [-0.15, -0.1) is 0 Å². The monoisotopic (exact) mass is 402 g/mol. The quantitative estimate of drug-likeness (QED) is 0.417. The van der Waals surface area contributed by atoms with Crippen LogP contribution in [0.1, 0.15) is 27.1 Å². The minimum atomic E-state index is 0.204. The summed E-state index contributed by atoms with van der Waals surface area (Å²) in [5, 5.41) is 2.54. The summed E-state index contributed by atoms with van der Waals surface area (Å²) < 4.78 is 1.14. The molecule has 0 saturated heterocycles. The summed E-state index contributed by atoms with van der Waals surface area (Å²) in [6.07, 6.45) is 0. The molecule has 3 aromatic rings. The fourth-order valence-electron chi connectivity index (χ4n) is 2.71. The fourth-order valence-corrected chi connectivity index (χ4v) is 4.08. The van der Waals surface area contributed by atoms with Gasteiger partial charge in [-0.1, -0.05) is 86.0 Å². The Morgan fingerprint density at radius 1 is 0.810 bits per heavy atom. The average molecular weight is 404 g/mol. The highest BCUT2D eigenvalue weighted by Crippen LogP contribution is 2.39. The Morgan fingerprint density at radius 3 is 2.29 bits per heavy atom. The van der Waals surface area contributed by atoms with Gasteiger partial charge in [0.25, 0.3) is 0 Å². The van der Waals surface area contributed by atoms with E-state index in [1.165, 1.54) is 33.0 Å². The van der Waals surface area contributed by atoms with E-state index in [1.54, 1.807) is 0 Å². The Labute approximate surface area is 142 Å². The Balaban J connectivity index is 2.20. The lowest BCUT2D eigenvalue weighted by molar-refractivity contribution is 1.15. The highest BCUT2D eigenvalue weighted by atomic mass is 79.9. The van der Waals surface area contributed by atoms with Crippen molar-refractivity contribution in [2.24, 2.45) is 0 Å². The van der Waals surface area contributed by atoms with Crippen LogP contribution in [0.3, 0.4) is 0 Å². The van der Waals surface area contributed by atoms with Crippen molar-refractivity contribution in [1.82, 2.24) is 0 Å². The maximum atomic E-state index is 3.91. The zero-order valence-corrected chi connectivity index (χ0v) is 15.2. The molecule has 3 aromatic carbocycles. The normalized spacial score (nSPS) is 12.6. The van der Waals surface area contributed by atoms with Gasteiger partial charge in [0, 0.05) is 4.47 Å². The van der Waals surface area contributed by atoms with E-state index in [0.29, 0.717) is 0 Å². The van der Waals surface area contributed by atoms with Crippen molar-refractivity contribution >= 4 is 42.6 Å². The van der Waals surface area contributed by atoms with Gasteiger partial charge in [0.2, 0.25) is 0 Å². The molecule has 0 saturated carbocycles. The first-order chi connectivity index (χ1) is 10.1. The van der Waals surface area contributed by atoms with Gasteiger partial charge < -0.3 is 0 Å². The van der Waals surface area contributed by atoms with E-state index in [-0.39, 0.29) is 4.83 Å². The standard InChI is InChI=1S/C19H16Br2/c1-12-7-8-13(2)17(11-12)19(21)16-9-10-18(20)15-6-4-3-5-14(15)16/h3-11,19H,1-2H3. The lowest BCUT2D eigenvalue weighted by Crippen LogP contribution is -1.98. The second-order valence-corrected chi connectivity index (χ2v) is 7.17. The van der Waals surface area contributed by atoms with Crippen LogP contribution in [0.4, 0.5) is 0 Å². The third-order valence-electron chi connectivity index (χ3n) is 3.89. The molecule has 0 radical (unpaired) electrons. The van der Waals surface area contributed by atoms with Gasteiger partial charge >= 0.3 is 0 Å². The SMILES string of the molecule is Cc1ccc(C)c(C(Br)c2ccc(Br)c3ccccc23)c1. The maximum absolute atomic E-state index is 3.91. The van der Waals surface area contributed by atoms with Gasteiger partial charge in [0.15, 0.2) is 0 Å². The summed E-state index contributed by atoms with van der Waals surface area (Å²) in [7, 11) is 0. The van der Waals surface area contributed by atoms with Crippen LogP contribution < -0.4 is 0 Å². The maximum Gasteiger partial charge on any atom is 0.0653 e. The van der Waals surface area contributed by atoms with Crippen molar-refractivity contribution < 1.29 is 0 Å². The third-order valence-corrected chi connectivity index (χ3v) is 5.56. The van der Waals surface area contributed by atoms with Gasteiger partial charge in [0.1, 0.15) is 0 Å². The molecule has 0 aliphatic heterocycles. The molecular weight excluding hydrogens is 388 g/mol. The van der Waals surface area contributed by atoms with Crippen LogP contribution in [0.15, 0.2) is 59.1 Å². The van der Waals surface area contributed by atoms with Gasteiger partial charge in [-0.05, 0) is 47.4 Å². The summed E-state index contributed by atoms with van der Waals surface area (Å²) in [5.74, 6) is 0. The lowest BCUT2D eigenvalue weighted by Gasteiger charge is -2.17. The van der Waals surface area contributed by atoms with E-state index in [4.69, 9.17) is 0 Å². The van der Waals surface area contributed by atoms with Crippen LogP contribution in [-0.2, 0) is 0 Å². The molecule has 21 heavy (non-hydrogen) atoms. The van der Waals surface area contributed by atoms with E-state index in [0.717, 1.165) is 4.47 Å². The molecule has 1 unspecified atom stereocenters. The minimum Gasteiger partial charge on any atom is -0.0786 e. The highest BCUT2D eigenvalue weighted by Gasteiger charge is 2.16. The number of fused-ring (bicyclic) bond motifs is 1. The van der Waals surface area contributed by atoms with Crippen LogP contribution in [0.2, 0.25) is 0 Å². The van der Waals surface area contributed by atoms with Crippen LogP contribution in [0.25, 0.3) is 10.8 Å². The van der Waals surface area contributed by atoms with Gasteiger partial charge in [-0.25, -0.2) is 0 Å². The van der Waals surface area contributed by atoms with Gasteiger partial charge in [0.05, 0.1) is 4.83 Å². The van der Waals surface area contributed by atoms with Crippen LogP contribution in [-0.4, -0.2) is 0 Å². The van der Waals surface area contributed by atoms with Crippen LogP contribution in [0.5, 0.6) is 0 Å². The zero-order valence-electron chi connectivity index (χ0n) is 12.0. The number of halogens is 2. The number of rotatable bonds is 2. The summed E-state index contributed by atoms with van der Waals surface area (Å²) in [4.78, 5) is 0.204. The first-order valence-electron chi connectivity index (χ1n) is 6.96. The molecule has 3 rings (SSSR count). The molecule has 2 heteroatoms. The van der Waals surface area contributed by atoms with Crippen LogP contribution in [0, 0.1) is 13.8 Å². The minimum absolute atomic E-state index is 0.204. The molecule has 0 aliphatic rings. The van der Waals surface area contributed by atoms with Gasteiger partial charge in [-0.2, -0.15) is 0 Å². The number of hydrogen-bond acceptors (Lipinski definition) is 0. The van der Waals surface area contributed by atoms with E-state index < -0.39 is 0 Å². The molecule has 0 bridgehead atoms. The smallest absolute Gasteiger partial charge is 0.0653 e. The third kappa shape index (κ3) is 2.79. The molecular formula is C19H16Br2. The van der Waals surface area contributed by atoms with E-state index >= 15 is 0 Å². The molecule has 0 heterocycles. The number of alkyl halides is 1. The molecule has 0 amide bonds. The van der Waals surface area contributed by atoms with Crippen molar-refractivity contribution in [2.75, 3.05) is 0 Å². The molecule has 1 atom stereocenters. The van der Waals surface area contributed by atoms with E-state index in [2.05, 4.69) is 100 Å². The lowest BCUT2D eigenvalue weighted by atomic mass is 9.95. The van der Waals surface area contributed by atoms with Crippen LogP contribution >= 0.6 is 31.9 Å². The first kappa shape index (κ1) is 14.8. The van der Waals surface area contributed by atoms with Crippen molar-refractivity contribution in [3.63, 3.8) is 0 Å². The Bertz CT molecular complexity index is 806. The topological polar surface area (TPSA) is 0 Å². The van der Waals surface area contributed by atoms with E-state index in [1.807, 2.05) is 0 Å². The summed E-state index contributed by atoms with van der Waals surface area (Å²) >= 11 is 7.56. The molecule has 0 spiro atoms. The van der Waals surface area contributed by atoms with Crippen molar-refractivity contribution in [2.45, 2.75) is 18.7 Å². The predicted molar refractivity (Wildman–Crippen MR) is 98.3 cm³/mol. The molecule has 0 nitrogen and oxygen atoms in total. The Hall–Kier alpha value is -1.12. The second kappa shape index (κ2) is 5.94. The van der Waals surface area contributed by atoms with Gasteiger partial charge in [-0.3, -0.25) is 0 Å². The van der Waals surface area contributed by atoms with Crippen molar-refractivity contribution in [1.29, 1.82) is 0 Å². The van der Waals surface area contributed by atoms with Crippen molar-refractivity contribution in [3.8, 4) is 0 Å². The zero-order chi connectivity index (χ0) is 15.0. The summed E-state index contributed by atoms with van der Waals surface area (Å²) in [5.41, 5.74) is 5.25. The molecule has 106 valence electrons. The molecule has 0 fully saturated rings. The molecule has 0 aliphatic carbocycles. The van der Waals surface area contributed by atoms with E-state index in [9.17, 15) is 0 Å². The fraction of sp³-hybridized carbons (Fsp3) is 0.158. The number of hydrogen-bond donors (Lipinski definition) is 0. The first-order valence-corrected chi connectivity index (χ1v) is 8.67. The summed E-state index contributed by atoms with van der Waals surface area (Å²) in [6, 6.07) is 19.5. The molecule has 0 aromatic heterocycles. The predicted octanol–water partition coefficient (Wildman–Crippen LogP) is 6.70. The summed E-state index contributed by atoms with van der Waals surface area (Å²) in [6.45, 7) is 4.31.